The van der Waals surface area contributed by atoms with Crippen molar-refractivity contribution >= 4 is 50.4 Å². The monoisotopic (exact) mass is 422 g/mol. The van der Waals surface area contributed by atoms with Gasteiger partial charge < -0.3 is 10.6 Å². The van der Waals surface area contributed by atoms with Crippen LogP contribution in [0.4, 0.5) is 11.4 Å². The Bertz CT molecular complexity index is 1000. The number of hydrogen-bond acceptors (Lipinski definition) is 5. The third kappa shape index (κ3) is 5.90. The molecule has 2 amide bonds. The molecule has 2 rings (SSSR count). The molecule has 7 nitrogen and oxygen atoms in total. The molecule has 1 unspecified atom stereocenters. The van der Waals surface area contributed by atoms with Crippen LogP contribution in [0.2, 0.25) is 5.02 Å². The first-order valence-corrected chi connectivity index (χ1v) is 10.4. The second kappa shape index (κ2) is 8.99. The number of hydrogen-bond donors (Lipinski definition) is 2. The predicted octanol–water partition coefficient (Wildman–Crippen LogP) is 2.92. The molecule has 0 aromatic heterocycles. The van der Waals surface area contributed by atoms with Crippen LogP contribution in [0.1, 0.15) is 24.2 Å². The average Bonchev–Trinajstić information content (AvgIpc) is 2.62. The Morgan fingerprint density at radius 1 is 1.00 bits per heavy atom. The first-order chi connectivity index (χ1) is 13.1. The van der Waals surface area contributed by atoms with Crippen LogP contribution in [0, 0.1) is 0 Å². The molecule has 0 radical (unpaired) electrons. The van der Waals surface area contributed by atoms with E-state index < -0.39 is 32.7 Å². The van der Waals surface area contributed by atoms with Crippen LogP contribution in [0.3, 0.4) is 0 Å². The molecule has 0 aliphatic rings. The Morgan fingerprint density at radius 2 is 1.64 bits per heavy atom. The van der Waals surface area contributed by atoms with Crippen LogP contribution in [-0.4, -0.2) is 37.0 Å². The number of ketones is 1. The third-order valence-electron chi connectivity index (χ3n) is 3.90. The van der Waals surface area contributed by atoms with E-state index in [0.717, 1.165) is 0 Å². The highest BCUT2D eigenvalue weighted by atomic mass is 35.5. The van der Waals surface area contributed by atoms with Gasteiger partial charge in [0.1, 0.15) is 11.0 Å². The van der Waals surface area contributed by atoms with Gasteiger partial charge in [-0.3, -0.25) is 14.4 Å². The van der Waals surface area contributed by atoms with Crippen molar-refractivity contribution in [2.24, 2.45) is 0 Å². The van der Waals surface area contributed by atoms with Gasteiger partial charge in [-0.05, 0) is 50.2 Å². The summed E-state index contributed by atoms with van der Waals surface area (Å²) in [7, 11) is -4.05. The fourth-order valence-corrected chi connectivity index (χ4v) is 3.46. The topological polar surface area (TPSA) is 109 Å². The van der Waals surface area contributed by atoms with Gasteiger partial charge in [0.05, 0.1) is 0 Å². The van der Waals surface area contributed by atoms with Crippen molar-refractivity contribution in [3.8, 4) is 0 Å². The summed E-state index contributed by atoms with van der Waals surface area (Å²) >= 11 is 5.75. The van der Waals surface area contributed by atoms with Gasteiger partial charge >= 0.3 is 0 Å². The quantitative estimate of drug-likeness (QED) is 0.666. The lowest BCUT2D eigenvalue weighted by atomic mass is 10.1. The fourth-order valence-electron chi connectivity index (χ4n) is 2.26. The lowest BCUT2D eigenvalue weighted by Gasteiger charge is -2.14. The van der Waals surface area contributed by atoms with Crippen molar-refractivity contribution in [2.75, 3.05) is 16.4 Å². The molecule has 1 atom stereocenters. The van der Waals surface area contributed by atoms with E-state index in [0.29, 0.717) is 22.0 Å². The molecule has 148 valence electrons. The van der Waals surface area contributed by atoms with Crippen LogP contribution < -0.4 is 10.6 Å². The zero-order chi connectivity index (χ0) is 20.9. The van der Waals surface area contributed by atoms with Gasteiger partial charge in [-0.15, -0.1) is 0 Å². The summed E-state index contributed by atoms with van der Waals surface area (Å²) in [5.41, 5.74) is 1.07. The van der Waals surface area contributed by atoms with Crippen molar-refractivity contribution in [3.05, 3.63) is 59.1 Å². The number of benzene rings is 2. The molecule has 2 aromatic carbocycles. The lowest BCUT2D eigenvalue weighted by molar-refractivity contribution is -0.115. The third-order valence-corrected chi connectivity index (χ3v) is 6.11. The highest BCUT2D eigenvalue weighted by molar-refractivity contribution is 7.93. The molecular weight excluding hydrogens is 404 g/mol. The minimum absolute atomic E-state index is 0.185. The van der Waals surface area contributed by atoms with E-state index in [9.17, 15) is 22.8 Å². The molecule has 0 spiro atoms. The van der Waals surface area contributed by atoms with Crippen molar-refractivity contribution in [3.63, 3.8) is 0 Å². The highest BCUT2D eigenvalue weighted by Crippen LogP contribution is 2.15. The maximum absolute atomic E-state index is 12.4. The molecule has 0 bridgehead atoms. The van der Waals surface area contributed by atoms with Crippen molar-refractivity contribution < 1.29 is 22.8 Å². The number of halogens is 1. The summed E-state index contributed by atoms with van der Waals surface area (Å²) in [6, 6.07) is 12.3. The second-order valence-corrected chi connectivity index (χ2v) is 8.89. The number of amides is 2. The summed E-state index contributed by atoms with van der Waals surface area (Å²) in [4.78, 5) is 35.7. The van der Waals surface area contributed by atoms with Crippen LogP contribution in [-0.2, 0) is 19.4 Å². The molecule has 28 heavy (non-hydrogen) atoms. The van der Waals surface area contributed by atoms with E-state index in [2.05, 4.69) is 10.6 Å². The van der Waals surface area contributed by atoms with Crippen molar-refractivity contribution in [2.45, 2.75) is 19.1 Å². The number of carbonyl (C=O) groups excluding carboxylic acids is 3. The molecule has 0 saturated heterocycles. The van der Waals surface area contributed by atoms with Gasteiger partial charge in [0.2, 0.25) is 11.8 Å². The zero-order valence-electron chi connectivity index (χ0n) is 15.2. The minimum Gasteiger partial charge on any atom is -0.325 e. The van der Waals surface area contributed by atoms with Gasteiger partial charge in [0, 0.05) is 22.0 Å². The van der Waals surface area contributed by atoms with E-state index in [4.69, 9.17) is 11.6 Å². The summed E-state index contributed by atoms with van der Waals surface area (Å²) in [5, 5.41) is 3.92. The fraction of sp³-hybridized carbons (Fsp3) is 0.211. The Balaban J connectivity index is 2.02. The number of sulfone groups is 1. The van der Waals surface area contributed by atoms with Gasteiger partial charge in [-0.1, -0.05) is 23.7 Å². The first kappa shape index (κ1) is 21.6. The number of carbonyl (C=O) groups is 3. The summed E-state index contributed by atoms with van der Waals surface area (Å²) in [5.74, 6) is -2.59. The molecule has 0 saturated carbocycles. The van der Waals surface area contributed by atoms with Crippen LogP contribution >= 0.6 is 11.6 Å². The molecule has 9 heteroatoms. The van der Waals surface area contributed by atoms with Crippen molar-refractivity contribution in [1.29, 1.82) is 0 Å². The predicted molar refractivity (Wildman–Crippen MR) is 108 cm³/mol. The number of Topliss-reactive ketones (excluding diaryl/α,β-unsaturated/α-hetero) is 1. The maximum Gasteiger partial charge on any atom is 0.242 e. The molecule has 0 fully saturated rings. The van der Waals surface area contributed by atoms with E-state index in [1.165, 1.54) is 38.1 Å². The largest absolute Gasteiger partial charge is 0.325 e. The first-order valence-electron chi connectivity index (χ1n) is 8.27. The van der Waals surface area contributed by atoms with E-state index in [1.54, 1.807) is 24.3 Å². The normalized spacial score (nSPS) is 12.1. The van der Waals surface area contributed by atoms with Crippen LogP contribution in [0.15, 0.2) is 48.5 Å². The van der Waals surface area contributed by atoms with E-state index in [-0.39, 0.29) is 5.78 Å². The number of anilines is 2. The highest BCUT2D eigenvalue weighted by Gasteiger charge is 2.30. The number of nitrogens with one attached hydrogen (secondary N) is 2. The molecule has 0 aliphatic carbocycles. The molecule has 0 aliphatic heterocycles. The lowest BCUT2D eigenvalue weighted by Crippen LogP contribution is -2.37. The molecular formula is C19H19ClN2O5S. The van der Waals surface area contributed by atoms with E-state index in [1.807, 2.05) is 0 Å². The number of rotatable bonds is 7. The molecule has 0 heterocycles. The van der Waals surface area contributed by atoms with Gasteiger partial charge in [0.15, 0.2) is 15.6 Å². The minimum atomic E-state index is -4.05. The standard InChI is InChI=1S/C19H19ClN2O5S/c1-12(23)14-4-3-5-17(10-14)22-19(25)13(2)28(26,27)11-18(24)21-16-8-6-15(20)7-9-16/h3-10,13H,11H2,1-2H3,(H,21,24)(H,22,25). The zero-order valence-corrected chi connectivity index (χ0v) is 16.8. The summed E-state index contributed by atoms with van der Waals surface area (Å²) < 4.78 is 24.8. The Labute approximate surface area is 168 Å². The van der Waals surface area contributed by atoms with Gasteiger partial charge in [0.25, 0.3) is 0 Å². The maximum atomic E-state index is 12.4. The van der Waals surface area contributed by atoms with Crippen LogP contribution in [0.25, 0.3) is 0 Å². The summed E-state index contributed by atoms with van der Waals surface area (Å²) in [6.07, 6.45) is 0. The molecule has 2 aromatic rings. The van der Waals surface area contributed by atoms with Crippen LogP contribution in [0.5, 0.6) is 0 Å². The Kier molecular flexibility index (Phi) is 6.93. The SMILES string of the molecule is CC(=O)c1cccc(NC(=O)C(C)S(=O)(=O)CC(=O)Nc2ccc(Cl)cc2)c1. The Hall–Kier alpha value is -2.71. The van der Waals surface area contributed by atoms with Gasteiger partial charge in [-0.2, -0.15) is 0 Å². The van der Waals surface area contributed by atoms with Crippen molar-refractivity contribution in [1.82, 2.24) is 0 Å². The van der Waals surface area contributed by atoms with E-state index >= 15 is 0 Å². The molecule has 2 N–H and O–H groups in total. The average molecular weight is 423 g/mol. The smallest absolute Gasteiger partial charge is 0.242 e. The van der Waals surface area contributed by atoms with Gasteiger partial charge in [-0.25, -0.2) is 8.42 Å². The second-order valence-electron chi connectivity index (χ2n) is 6.13. The summed E-state index contributed by atoms with van der Waals surface area (Å²) in [6.45, 7) is 2.59. The Morgan fingerprint density at radius 3 is 2.25 bits per heavy atom.